The van der Waals surface area contributed by atoms with Crippen molar-refractivity contribution in [3.63, 3.8) is 0 Å². The van der Waals surface area contributed by atoms with Crippen molar-refractivity contribution in [1.29, 1.82) is 0 Å². The van der Waals surface area contributed by atoms with Gasteiger partial charge in [0.2, 0.25) is 11.8 Å². The topological polar surface area (TPSA) is 103 Å². The van der Waals surface area contributed by atoms with Crippen LogP contribution in [0.2, 0.25) is 0 Å². The number of hydrogen-bond donors (Lipinski definition) is 0. The van der Waals surface area contributed by atoms with Crippen LogP contribution in [-0.2, 0) is 9.59 Å². The smallest absolute Gasteiger partial charge is 0.262 e. The van der Waals surface area contributed by atoms with Gasteiger partial charge in [0.25, 0.3) is 5.91 Å². The summed E-state index contributed by atoms with van der Waals surface area (Å²) in [4.78, 5) is 38.3. The lowest BCUT2D eigenvalue weighted by atomic mass is 9.96. The quantitative estimate of drug-likeness (QED) is 0.698. The lowest BCUT2D eigenvalue weighted by Crippen LogP contribution is -2.44. The van der Waals surface area contributed by atoms with Gasteiger partial charge < -0.3 is 9.64 Å². The molecule has 0 radical (unpaired) electrons. The second-order valence-electron chi connectivity index (χ2n) is 7.61. The van der Waals surface area contributed by atoms with Crippen molar-refractivity contribution in [1.82, 2.24) is 24.6 Å². The Labute approximate surface area is 174 Å². The van der Waals surface area contributed by atoms with Gasteiger partial charge in [0.05, 0.1) is 12.3 Å². The van der Waals surface area contributed by atoms with Crippen molar-refractivity contribution in [3.05, 3.63) is 42.0 Å². The predicted octanol–water partition coefficient (Wildman–Crippen LogP) is 1.68. The van der Waals surface area contributed by atoms with E-state index in [9.17, 15) is 9.59 Å². The van der Waals surface area contributed by atoms with Crippen LogP contribution in [0, 0.1) is 25.7 Å². The maximum absolute atomic E-state index is 12.6. The highest BCUT2D eigenvalue weighted by molar-refractivity contribution is 6.07. The first-order chi connectivity index (χ1) is 14.5. The first-order valence-electron chi connectivity index (χ1n) is 10.0. The van der Waals surface area contributed by atoms with E-state index in [1.54, 1.807) is 27.8 Å². The minimum atomic E-state index is -0.781. The first kappa shape index (κ1) is 19.9. The van der Waals surface area contributed by atoms with Crippen molar-refractivity contribution in [2.24, 2.45) is 16.8 Å². The Morgan fingerprint density at radius 3 is 2.70 bits per heavy atom. The largest absolute Gasteiger partial charge is 0.477 e. The number of hydrogen-bond acceptors (Lipinski definition) is 6. The molecule has 0 saturated carbocycles. The standard InChI is InChI=1S/C21H24N6O3/c1-14-10-15(2)27(25-14)18-11-19(24-13-23-18)30-12-16-5-8-26(9-6-16)21(29)17-4-3-7-22-20(17)28/h3-4,7,10-11,13,16-17H,5-6,8-9,12H2,1-2H3. The first-order valence-corrected chi connectivity index (χ1v) is 10.0. The van der Waals surface area contributed by atoms with E-state index in [1.165, 1.54) is 12.5 Å². The van der Waals surface area contributed by atoms with E-state index >= 15 is 0 Å². The molecular weight excluding hydrogens is 384 g/mol. The number of likely N-dealkylation sites (tertiary alicyclic amines) is 1. The van der Waals surface area contributed by atoms with Gasteiger partial charge in [-0.05, 0) is 44.7 Å². The molecule has 156 valence electrons. The minimum absolute atomic E-state index is 0.169. The predicted molar refractivity (Wildman–Crippen MR) is 110 cm³/mol. The second kappa shape index (κ2) is 8.56. The average Bonchev–Trinajstić information content (AvgIpc) is 3.11. The number of carbonyl (C=O) groups excluding carboxylic acids is 2. The van der Waals surface area contributed by atoms with E-state index in [-0.39, 0.29) is 5.91 Å². The van der Waals surface area contributed by atoms with Gasteiger partial charge in [-0.15, -0.1) is 0 Å². The summed E-state index contributed by atoms with van der Waals surface area (Å²) < 4.78 is 7.67. The molecule has 30 heavy (non-hydrogen) atoms. The number of aryl methyl sites for hydroxylation is 2. The molecule has 0 spiro atoms. The molecule has 2 aliphatic rings. The zero-order chi connectivity index (χ0) is 21.1. The summed E-state index contributed by atoms with van der Waals surface area (Å²) in [6.07, 6.45) is 7.78. The van der Waals surface area contributed by atoms with Crippen LogP contribution in [0.25, 0.3) is 5.82 Å². The third-order valence-electron chi connectivity index (χ3n) is 5.37. The highest BCUT2D eigenvalue weighted by Crippen LogP contribution is 2.22. The van der Waals surface area contributed by atoms with Crippen LogP contribution in [0.3, 0.4) is 0 Å². The maximum atomic E-state index is 12.6. The van der Waals surface area contributed by atoms with Gasteiger partial charge in [-0.2, -0.15) is 5.10 Å². The molecule has 9 nitrogen and oxygen atoms in total. The van der Waals surface area contributed by atoms with Gasteiger partial charge in [-0.1, -0.05) is 6.08 Å². The summed E-state index contributed by atoms with van der Waals surface area (Å²) in [6.45, 7) is 5.64. The van der Waals surface area contributed by atoms with Crippen LogP contribution in [-0.4, -0.2) is 62.4 Å². The molecular formula is C21H24N6O3. The average molecular weight is 408 g/mol. The molecule has 2 amide bonds. The summed E-state index contributed by atoms with van der Waals surface area (Å²) >= 11 is 0. The van der Waals surface area contributed by atoms with Crippen molar-refractivity contribution in [2.75, 3.05) is 19.7 Å². The lowest BCUT2D eigenvalue weighted by molar-refractivity contribution is -0.140. The Kier molecular flexibility index (Phi) is 5.69. The molecule has 1 saturated heterocycles. The molecule has 0 aliphatic carbocycles. The van der Waals surface area contributed by atoms with Crippen LogP contribution >= 0.6 is 0 Å². The van der Waals surface area contributed by atoms with E-state index in [2.05, 4.69) is 20.1 Å². The summed E-state index contributed by atoms with van der Waals surface area (Å²) in [5.41, 5.74) is 1.92. The lowest BCUT2D eigenvalue weighted by Gasteiger charge is -2.33. The summed E-state index contributed by atoms with van der Waals surface area (Å²) in [7, 11) is 0. The molecule has 1 fully saturated rings. The van der Waals surface area contributed by atoms with E-state index < -0.39 is 11.8 Å². The summed E-state index contributed by atoms with van der Waals surface area (Å²) in [5, 5.41) is 4.44. The molecule has 2 aliphatic heterocycles. The highest BCUT2D eigenvalue weighted by Gasteiger charge is 2.31. The third kappa shape index (κ3) is 4.29. The highest BCUT2D eigenvalue weighted by atomic mass is 16.5. The fourth-order valence-corrected chi connectivity index (χ4v) is 3.73. The van der Waals surface area contributed by atoms with E-state index in [1.807, 2.05) is 19.9 Å². The van der Waals surface area contributed by atoms with Crippen molar-refractivity contribution >= 4 is 18.0 Å². The van der Waals surface area contributed by atoms with Crippen LogP contribution in [0.4, 0.5) is 0 Å². The number of piperidine rings is 1. The molecule has 0 aromatic carbocycles. The maximum Gasteiger partial charge on any atom is 0.262 e. The summed E-state index contributed by atoms with van der Waals surface area (Å²) in [5.74, 6) is 0.141. The van der Waals surface area contributed by atoms with Crippen LogP contribution < -0.4 is 4.74 Å². The molecule has 1 atom stereocenters. The van der Waals surface area contributed by atoms with Crippen LogP contribution in [0.1, 0.15) is 24.2 Å². The van der Waals surface area contributed by atoms with Crippen molar-refractivity contribution in [3.8, 4) is 11.7 Å². The number of carbonyl (C=O) groups is 2. The van der Waals surface area contributed by atoms with E-state index in [0.717, 1.165) is 24.2 Å². The number of ether oxygens (including phenoxy) is 1. The molecule has 9 heteroatoms. The Morgan fingerprint density at radius 2 is 2.00 bits per heavy atom. The normalized spacial score (nSPS) is 19.3. The second-order valence-corrected chi connectivity index (χ2v) is 7.61. The summed E-state index contributed by atoms with van der Waals surface area (Å²) in [6, 6.07) is 3.76. The Hall–Kier alpha value is -3.36. The fourth-order valence-electron chi connectivity index (χ4n) is 3.73. The van der Waals surface area contributed by atoms with Crippen molar-refractivity contribution < 1.29 is 14.3 Å². The number of amides is 2. The SMILES string of the molecule is Cc1cc(C)n(-c2cc(OCC3CCN(C(=O)C4C=CC=NC4=O)CC3)ncn2)n1. The molecule has 1 unspecified atom stereocenters. The molecule has 0 N–H and O–H groups in total. The zero-order valence-corrected chi connectivity index (χ0v) is 17.1. The van der Waals surface area contributed by atoms with Gasteiger partial charge in [-0.3, -0.25) is 9.59 Å². The van der Waals surface area contributed by atoms with Gasteiger partial charge >= 0.3 is 0 Å². The van der Waals surface area contributed by atoms with Gasteiger partial charge in [0.15, 0.2) is 5.82 Å². The monoisotopic (exact) mass is 408 g/mol. The number of nitrogens with zero attached hydrogens (tertiary/aromatic N) is 6. The number of aromatic nitrogens is 4. The molecule has 4 rings (SSSR count). The number of aliphatic imine (C=N–C) groups is 1. The number of dihydropyridines is 1. The zero-order valence-electron chi connectivity index (χ0n) is 17.1. The van der Waals surface area contributed by atoms with Crippen LogP contribution in [0.15, 0.2) is 35.6 Å². The number of rotatable bonds is 5. The van der Waals surface area contributed by atoms with E-state index in [0.29, 0.717) is 37.3 Å². The van der Waals surface area contributed by atoms with Crippen LogP contribution in [0.5, 0.6) is 5.88 Å². The minimum Gasteiger partial charge on any atom is -0.477 e. The third-order valence-corrected chi connectivity index (χ3v) is 5.37. The Morgan fingerprint density at radius 1 is 1.20 bits per heavy atom. The van der Waals surface area contributed by atoms with E-state index in [4.69, 9.17) is 4.74 Å². The van der Waals surface area contributed by atoms with Gasteiger partial charge in [0.1, 0.15) is 12.2 Å². The Bertz CT molecular complexity index is 1000. The number of allylic oxidation sites excluding steroid dienone is 1. The van der Waals surface area contributed by atoms with Gasteiger partial charge in [-0.25, -0.2) is 19.6 Å². The fraction of sp³-hybridized carbons (Fsp3) is 0.429. The molecule has 4 heterocycles. The van der Waals surface area contributed by atoms with Crippen molar-refractivity contribution in [2.45, 2.75) is 26.7 Å². The molecule has 2 aromatic heterocycles. The Balaban J connectivity index is 1.30. The molecule has 0 bridgehead atoms. The van der Waals surface area contributed by atoms with Gasteiger partial charge in [0, 0.05) is 31.1 Å². The molecule has 2 aromatic rings.